The number of alkyl halides is 3. The van der Waals surface area contributed by atoms with Crippen molar-refractivity contribution in [3.05, 3.63) is 81.8 Å². The van der Waals surface area contributed by atoms with Crippen molar-refractivity contribution in [1.82, 2.24) is 8.94 Å². The van der Waals surface area contributed by atoms with Crippen molar-refractivity contribution in [3.8, 4) is 0 Å². The highest BCUT2D eigenvalue weighted by Gasteiger charge is 2.30. The Balaban J connectivity index is 1.83. The van der Waals surface area contributed by atoms with Crippen LogP contribution in [0.25, 0.3) is 0 Å². The second-order valence-corrected chi connectivity index (χ2v) is 7.15. The van der Waals surface area contributed by atoms with Gasteiger partial charge in [0, 0.05) is 5.56 Å². The molecule has 27 heavy (non-hydrogen) atoms. The molecule has 0 bridgehead atoms. The van der Waals surface area contributed by atoms with Crippen molar-refractivity contribution >= 4 is 38.7 Å². The van der Waals surface area contributed by atoms with Gasteiger partial charge in [-0.15, -0.1) is 0 Å². The largest absolute Gasteiger partial charge is 0.416 e. The van der Waals surface area contributed by atoms with Gasteiger partial charge in [-0.1, -0.05) is 30.3 Å². The molecule has 1 heterocycles. The van der Waals surface area contributed by atoms with Crippen LogP contribution >= 0.6 is 27.7 Å². The van der Waals surface area contributed by atoms with Gasteiger partial charge >= 0.3 is 11.9 Å². The molecule has 1 amide bonds. The second-order valence-electron chi connectivity index (χ2n) is 5.46. The highest BCUT2D eigenvalue weighted by molar-refractivity contribution is 9.10. The van der Waals surface area contributed by atoms with E-state index in [1.807, 2.05) is 0 Å². The lowest BCUT2D eigenvalue weighted by Gasteiger charge is -2.10. The van der Waals surface area contributed by atoms with Crippen LogP contribution in [-0.2, 0) is 12.7 Å². The summed E-state index contributed by atoms with van der Waals surface area (Å²) in [5.74, 6) is -0.421. The highest BCUT2D eigenvalue weighted by Crippen LogP contribution is 2.30. The normalized spacial score (nSPS) is 11.4. The Hall–Kier alpha value is -2.46. The topological polar surface area (TPSA) is 55.2 Å². The summed E-state index contributed by atoms with van der Waals surface area (Å²) in [6.45, 7) is -0.0826. The first-order chi connectivity index (χ1) is 12.8. The van der Waals surface area contributed by atoms with E-state index in [1.165, 1.54) is 16.1 Å². The van der Waals surface area contributed by atoms with Crippen LogP contribution in [0.2, 0.25) is 0 Å². The van der Waals surface area contributed by atoms with Crippen molar-refractivity contribution in [1.29, 1.82) is 0 Å². The van der Waals surface area contributed by atoms with E-state index in [9.17, 15) is 22.8 Å². The summed E-state index contributed by atoms with van der Waals surface area (Å²) < 4.78 is 40.7. The van der Waals surface area contributed by atoms with Crippen LogP contribution in [0.5, 0.6) is 0 Å². The van der Waals surface area contributed by atoms with Gasteiger partial charge in [-0.05, 0) is 41.4 Å². The molecule has 5 nitrogen and oxygen atoms in total. The van der Waals surface area contributed by atoms with Crippen molar-refractivity contribution in [3.63, 3.8) is 0 Å². The zero-order chi connectivity index (χ0) is 19.6. The number of carbonyl (C=O) groups is 1. The van der Waals surface area contributed by atoms with Crippen LogP contribution in [0.3, 0.4) is 0 Å². The highest BCUT2D eigenvalue weighted by atomic mass is 79.9. The Kier molecular flexibility index (Phi) is 5.47. The number of halogens is 4. The predicted octanol–water partition coefficient (Wildman–Crippen LogP) is 4.33. The molecule has 0 fully saturated rings. The molecule has 0 saturated heterocycles. The van der Waals surface area contributed by atoms with E-state index >= 15 is 0 Å². The Morgan fingerprint density at radius 1 is 1.15 bits per heavy atom. The van der Waals surface area contributed by atoms with E-state index < -0.39 is 23.3 Å². The average Bonchev–Trinajstić information content (AvgIpc) is 3.01. The summed E-state index contributed by atoms with van der Waals surface area (Å²) in [6, 6.07) is 13.1. The third-order valence-electron chi connectivity index (χ3n) is 3.54. The average molecular weight is 458 g/mol. The first kappa shape index (κ1) is 19.3. The standard InChI is InChI=1S/C17H11BrF3N3O2S/c18-24(14(25)12-6-2-1-3-7-12)16-22-15(26)23(27-16)10-11-5-4-8-13(9-11)17(19,20)21/h1-9H,10H2. The van der Waals surface area contributed by atoms with Gasteiger partial charge < -0.3 is 0 Å². The molecule has 0 saturated carbocycles. The van der Waals surface area contributed by atoms with E-state index in [-0.39, 0.29) is 11.7 Å². The van der Waals surface area contributed by atoms with Crippen LogP contribution < -0.4 is 9.62 Å². The number of hydrogen-bond acceptors (Lipinski definition) is 4. The minimum absolute atomic E-state index is 0.0826. The van der Waals surface area contributed by atoms with Crippen molar-refractivity contribution in [2.24, 2.45) is 0 Å². The maximum Gasteiger partial charge on any atom is 0.416 e. The molecule has 0 aliphatic carbocycles. The Morgan fingerprint density at radius 2 is 1.85 bits per heavy atom. The lowest BCUT2D eigenvalue weighted by Crippen LogP contribution is -2.21. The minimum Gasteiger partial charge on any atom is -0.268 e. The van der Waals surface area contributed by atoms with Gasteiger partial charge in [0.1, 0.15) is 0 Å². The number of rotatable bonds is 4. The number of amides is 1. The summed E-state index contributed by atoms with van der Waals surface area (Å²) in [6.07, 6.45) is -4.46. The summed E-state index contributed by atoms with van der Waals surface area (Å²) >= 11 is 3.96. The SMILES string of the molecule is O=C(c1ccccc1)N(Br)c1nc(=O)n(Cc2cccc(C(F)(F)F)c2)s1. The van der Waals surface area contributed by atoms with E-state index in [2.05, 4.69) is 21.1 Å². The summed E-state index contributed by atoms with van der Waals surface area (Å²) in [5.41, 5.74) is -0.754. The number of carbonyl (C=O) groups excluding carboxylic acids is 1. The van der Waals surface area contributed by atoms with Gasteiger partial charge in [0.2, 0.25) is 5.13 Å². The maximum atomic E-state index is 12.8. The van der Waals surface area contributed by atoms with Gasteiger partial charge in [-0.25, -0.2) is 12.7 Å². The summed E-state index contributed by atoms with van der Waals surface area (Å²) in [7, 11) is 0. The van der Waals surface area contributed by atoms with Gasteiger partial charge in [0.05, 0.1) is 28.3 Å². The molecule has 0 atom stereocenters. The number of nitrogens with zero attached hydrogens (tertiary/aromatic N) is 3. The molecule has 0 unspecified atom stereocenters. The van der Waals surface area contributed by atoms with Crippen LogP contribution in [0.15, 0.2) is 59.4 Å². The molecule has 0 radical (unpaired) electrons. The molecule has 2 aromatic carbocycles. The van der Waals surface area contributed by atoms with Crippen LogP contribution in [0.1, 0.15) is 21.5 Å². The van der Waals surface area contributed by atoms with Gasteiger partial charge in [-0.3, -0.25) is 4.79 Å². The molecule has 140 valence electrons. The summed E-state index contributed by atoms with van der Waals surface area (Å²) in [5, 5.41) is 0.0841. The Morgan fingerprint density at radius 3 is 2.52 bits per heavy atom. The molecule has 10 heteroatoms. The molecule has 1 aromatic heterocycles. The van der Waals surface area contributed by atoms with Crippen molar-refractivity contribution < 1.29 is 18.0 Å². The fraction of sp³-hybridized carbons (Fsp3) is 0.118. The van der Waals surface area contributed by atoms with Crippen molar-refractivity contribution in [2.75, 3.05) is 3.93 Å². The first-order valence-electron chi connectivity index (χ1n) is 7.55. The van der Waals surface area contributed by atoms with Gasteiger partial charge in [0.15, 0.2) is 0 Å². The van der Waals surface area contributed by atoms with Crippen LogP contribution in [-0.4, -0.2) is 14.8 Å². The molecule has 0 aliphatic heterocycles. The predicted molar refractivity (Wildman–Crippen MR) is 99.1 cm³/mol. The smallest absolute Gasteiger partial charge is 0.268 e. The van der Waals surface area contributed by atoms with Crippen LogP contribution in [0, 0.1) is 0 Å². The van der Waals surface area contributed by atoms with Crippen LogP contribution in [0.4, 0.5) is 18.3 Å². The maximum absolute atomic E-state index is 12.8. The third kappa shape index (κ3) is 4.45. The summed E-state index contributed by atoms with van der Waals surface area (Å²) in [4.78, 5) is 28.2. The zero-order valence-corrected chi connectivity index (χ0v) is 15.9. The molecule has 3 rings (SSSR count). The van der Waals surface area contributed by atoms with Crippen molar-refractivity contribution in [2.45, 2.75) is 12.7 Å². The monoisotopic (exact) mass is 457 g/mol. The fourth-order valence-electron chi connectivity index (χ4n) is 2.27. The quantitative estimate of drug-likeness (QED) is 0.548. The fourth-order valence-corrected chi connectivity index (χ4v) is 3.55. The minimum atomic E-state index is -4.46. The zero-order valence-electron chi connectivity index (χ0n) is 13.5. The number of anilines is 1. The second kappa shape index (κ2) is 7.65. The van der Waals surface area contributed by atoms with E-state index in [1.54, 1.807) is 30.3 Å². The first-order valence-corrected chi connectivity index (χ1v) is 9.03. The lowest BCUT2D eigenvalue weighted by atomic mass is 10.1. The number of aromatic nitrogens is 2. The molecule has 3 aromatic rings. The van der Waals surface area contributed by atoms with Gasteiger partial charge in [0.25, 0.3) is 5.91 Å². The Labute approximate surface area is 164 Å². The third-order valence-corrected chi connectivity index (χ3v) is 5.38. The van der Waals surface area contributed by atoms with E-state index in [0.717, 1.165) is 27.6 Å². The van der Waals surface area contributed by atoms with Gasteiger partial charge in [-0.2, -0.15) is 18.2 Å². The molecular weight excluding hydrogens is 447 g/mol. The number of benzene rings is 2. The molecule has 0 spiro atoms. The molecule has 0 N–H and O–H groups in total. The lowest BCUT2D eigenvalue weighted by molar-refractivity contribution is -0.137. The molecule has 0 aliphatic rings. The number of hydrogen-bond donors (Lipinski definition) is 0. The van der Waals surface area contributed by atoms with E-state index in [4.69, 9.17) is 0 Å². The Bertz CT molecular complexity index is 1020. The van der Waals surface area contributed by atoms with E-state index in [0.29, 0.717) is 11.1 Å². The molecular formula is C17H11BrF3N3O2S.